The fraction of sp³-hybridized carbons (Fsp3) is 0.381. The van der Waals surface area contributed by atoms with E-state index in [1.54, 1.807) is 40.0 Å². The Hall–Kier alpha value is -3.16. The third kappa shape index (κ3) is 3.62. The lowest BCUT2D eigenvalue weighted by molar-refractivity contribution is 0.0679. The molecular weight excluding hydrogens is 375 g/mol. The average Bonchev–Trinajstić information content (AvgIpc) is 3.44. The first-order valence-corrected chi connectivity index (χ1v) is 9.63. The van der Waals surface area contributed by atoms with Crippen molar-refractivity contribution in [1.82, 2.24) is 19.6 Å². The molecule has 1 aliphatic rings. The number of furan rings is 1. The SMILES string of the molecule is CC(C)n1cc(C(=O)N2CCC(N(C)C(=O)c3cc4cc(F)ccc4o3)C2)cn1. The summed E-state index contributed by atoms with van der Waals surface area (Å²) >= 11 is 0. The van der Waals surface area contributed by atoms with E-state index < -0.39 is 0 Å². The van der Waals surface area contributed by atoms with Gasteiger partial charge in [-0.3, -0.25) is 14.3 Å². The maximum Gasteiger partial charge on any atom is 0.289 e. The van der Waals surface area contributed by atoms with Crippen LogP contribution >= 0.6 is 0 Å². The second-order valence-corrected chi connectivity index (χ2v) is 7.71. The Bertz CT molecular complexity index is 1070. The van der Waals surface area contributed by atoms with Crippen LogP contribution in [0.4, 0.5) is 4.39 Å². The number of halogens is 1. The number of likely N-dealkylation sites (N-methyl/N-ethyl adjacent to an activating group) is 1. The Kier molecular flexibility index (Phi) is 4.86. The molecule has 0 aliphatic carbocycles. The van der Waals surface area contributed by atoms with E-state index in [2.05, 4.69) is 5.10 Å². The number of benzene rings is 1. The van der Waals surface area contributed by atoms with Gasteiger partial charge in [-0.25, -0.2) is 4.39 Å². The van der Waals surface area contributed by atoms with Crippen LogP contribution in [0.3, 0.4) is 0 Å². The molecule has 1 saturated heterocycles. The van der Waals surface area contributed by atoms with E-state index in [-0.39, 0.29) is 35.5 Å². The predicted molar refractivity (Wildman–Crippen MR) is 105 cm³/mol. The minimum absolute atomic E-state index is 0.0838. The molecule has 152 valence electrons. The highest BCUT2D eigenvalue weighted by Crippen LogP contribution is 2.24. The number of nitrogens with zero attached hydrogens (tertiary/aromatic N) is 4. The van der Waals surface area contributed by atoms with Crippen molar-refractivity contribution in [3.05, 3.63) is 53.8 Å². The number of rotatable bonds is 4. The molecule has 0 radical (unpaired) electrons. The van der Waals surface area contributed by atoms with Gasteiger partial charge in [0, 0.05) is 37.8 Å². The van der Waals surface area contributed by atoms with Gasteiger partial charge < -0.3 is 14.2 Å². The standard InChI is InChI=1S/C21H23FN4O3/c1-13(2)26-11-15(10-23-26)20(27)25-7-6-17(12-25)24(3)21(28)19-9-14-8-16(22)4-5-18(14)29-19/h4-5,8-11,13,17H,6-7,12H2,1-3H3. The summed E-state index contributed by atoms with van der Waals surface area (Å²) in [6.45, 7) is 5.02. The molecule has 1 aliphatic heterocycles. The fourth-order valence-corrected chi connectivity index (χ4v) is 3.62. The zero-order chi connectivity index (χ0) is 20.7. The van der Waals surface area contributed by atoms with E-state index in [1.165, 1.54) is 18.2 Å². The fourth-order valence-electron chi connectivity index (χ4n) is 3.62. The Balaban J connectivity index is 1.44. The third-order valence-electron chi connectivity index (χ3n) is 5.39. The Morgan fingerprint density at radius 1 is 1.31 bits per heavy atom. The summed E-state index contributed by atoms with van der Waals surface area (Å²) in [7, 11) is 1.70. The molecule has 29 heavy (non-hydrogen) atoms. The molecule has 2 amide bonds. The highest BCUT2D eigenvalue weighted by atomic mass is 19.1. The van der Waals surface area contributed by atoms with Gasteiger partial charge in [0.2, 0.25) is 0 Å². The van der Waals surface area contributed by atoms with E-state index in [1.807, 2.05) is 13.8 Å². The summed E-state index contributed by atoms with van der Waals surface area (Å²) in [6.07, 6.45) is 4.02. The normalized spacial score (nSPS) is 16.7. The zero-order valence-corrected chi connectivity index (χ0v) is 16.6. The van der Waals surface area contributed by atoms with Crippen molar-refractivity contribution >= 4 is 22.8 Å². The number of fused-ring (bicyclic) bond motifs is 1. The van der Waals surface area contributed by atoms with Crippen LogP contribution in [0.1, 0.15) is 47.2 Å². The molecule has 3 aromatic rings. The molecule has 8 heteroatoms. The minimum atomic E-state index is -0.378. The topological polar surface area (TPSA) is 71.6 Å². The molecule has 0 spiro atoms. The molecule has 1 atom stereocenters. The van der Waals surface area contributed by atoms with Gasteiger partial charge in [-0.1, -0.05) is 0 Å². The number of aromatic nitrogens is 2. The molecule has 1 fully saturated rings. The summed E-state index contributed by atoms with van der Waals surface area (Å²) in [4.78, 5) is 28.9. The largest absolute Gasteiger partial charge is 0.451 e. The molecular formula is C21H23FN4O3. The number of carbonyl (C=O) groups is 2. The molecule has 0 bridgehead atoms. The van der Waals surface area contributed by atoms with Crippen LogP contribution in [-0.2, 0) is 0 Å². The molecule has 2 aromatic heterocycles. The van der Waals surface area contributed by atoms with Crippen LogP contribution in [0.25, 0.3) is 11.0 Å². The van der Waals surface area contributed by atoms with Gasteiger partial charge in [-0.05, 0) is 44.5 Å². The Morgan fingerprint density at radius 2 is 2.10 bits per heavy atom. The summed E-state index contributed by atoms with van der Waals surface area (Å²) in [5.74, 6) is -0.583. The van der Waals surface area contributed by atoms with Crippen LogP contribution in [0.15, 0.2) is 41.1 Å². The van der Waals surface area contributed by atoms with Crippen molar-refractivity contribution in [2.45, 2.75) is 32.4 Å². The second kappa shape index (κ2) is 7.35. The van der Waals surface area contributed by atoms with E-state index in [0.717, 1.165) is 0 Å². The number of carbonyl (C=O) groups excluding carboxylic acids is 2. The van der Waals surface area contributed by atoms with Crippen molar-refractivity contribution in [2.24, 2.45) is 0 Å². The van der Waals surface area contributed by atoms with Crippen LogP contribution in [0.5, 0.6) is 0 Å². The first kappa shape index (κ1) is 19.2. The van der Waals surface area contributed by atoms with Gasteiger partial charge >= 0.3 is 0 Å². The molecule has 4 rings (SSSR count). The van der Waals surface area contributed by atoms with Crippen molar-refractivity contribution in [1.29, 1.82) is 0 Å². The van der Waals surface area contributed by atoms with Crippen LogP contribution in [0.2, 0.25) is 0 Å². The summed E-state index contributed by atoms with van der Waals surface area (Å²) in [5, 5.41) is 4.77. The van der Waals surface area contributed by atoms with Crippen LogP contribution in [-0.4, -0.2) is 57.6 Å². The smallest absolute Gasteiger partial charge is 0.289 e. The van der Waals surface area contributed by atoms with Crippen LogP contribution in [0, 0.1) is 5.82 Å². The van der Waals surface area contributed by atoms with E-state index >= 15 is 0 Å². The van der Waals surface area contributed by atoms with Gasteiger partial charge in [-0.2, -0.15) is 5.10 Å². The highest BCUT2D eigenvalue weighted by Gasteiger charge is 2.33. The lowest BCUT2D eigenvalue weighted by Gasteiger charge is -2.24. The van der Waals surface area contributed by atoms with E-state index in [4.69, 9.17) is 4.42 Å². The first-order valence-electron chi connectivity index (χ1n) is 9.63. The predicted octanol–water partition coefficient (Wildman–Crippen LogP) is 3.34. The molecule has 1 unspecified atom stereocenters. The van der Waals surface area contributed by atoms with Gasteiger partial charge in [0.15, 0.2) is 5.76 Å². The molecule has 0 N–H and O–H groups in total. The molecule has 7 nitrogen and oxygen atoms in total. The van der Waals surface area contributed by atoms with Crippen LogP contribution < -0.4 is 0 Å². The minimum Gasteiger partial charge on any atom is -0.451 e. The highest BCUT2D eigenvalue weighted by molar-refractivity contribution is 5.96. The average molecular weight is 398 g/mol. The monoisotopic (exact) mass is 398 g/mol. The van der Waals surface area contributed by atoms with Gasteiger partial charge in [0.1, 0.15) is 11.4 Å². The lowest BCUT2D eigenvalue weighted by Crippen LogP contribution is -2.40. The third-order valence-corrected chi connectivity index (χ3v) is 5.39. The quantitative estimate of drug-likeness (QED) is 0.676. The van der Waals surface area contributed by atoms with E-state index in [0.29, 0.717) is 36.0 Å². The second-order valence-electron chi connectivity index (χ2n) is 7.71. The molecule has 1 aromatic carbocycles. The number of hydrogen-bond donors (Lipinski definition) is 0. The van der Waals surface area contributed by atoms with Crippen molar-refractivity contribution in [3.8, 4) is 0 Å². The van der Waals surface area contributed by atoms with Crippen molar-refractivity contribution in [2.75, 3.05) is 20.1 Å². The van der Waals surface area contributed by atoms with E-state index in [9.17, 15) is 14.0 Å². The number of hydrogen-bond acceptors (Lipinski definition) is 4. The first-order chi connectivity index (χ1) is 13.8. The van der Waals surface area contributed by atoms with Gasteiger partial charge in [0.05, 0.1) is 17.8 Å². The molecule has 3 heterocycles. The molecule has 0 saturated carbocycles. The van der Waals surface area contributed by atoms with Gasteiger partial charge in [0.25, 0.3) is 11.8 Å². The van der Waals surface area contributed by atoms with Crippen molar-refractivity contribution < 1.29 is 18.4 Å². The Morgan fingerprint density at radius 3 is 2.83 bits per heavy atom. The van der Waals surface area contributed by atoms with Crippen molar-refractivity contribution in [3.63, 3.8) is 0 Å². The summed E-state index contributed by atoms with van der Waals surface area (Å²) in [6, 6.07) is 5.76. The maximum absolute atomic E-state index is 13.4. The summed E-state index contributed by atoms with van der Waals surface area (Å²) in [5.41, 5.74) is 1.01. The summed E-state index contributed by atoms with van der Waals surface area (Å²) < 4.78 is 20.7. The number of amides is 2. The maximum atomic E-state index is 13.4. The van der Waals surface area contributed by atoms with Gasteiger partial charge in [-0.15, -0.1) is 0 Å². The Labute approximate surface area is 167 Å². The lowest BCUT2D eigenvalue weighted by atomic mass is 10.2. The number of likely N-dealkylation sites (tertiary alicyclic amines) is 1. The zero-order valence-electron chi connectivity index (χ0n) is 16.6.